The van der Waals surface area contributed by atoms with Crippen LogP contribution in [-0.2, 0) is 11.0 Å². The molecule has 0 unspecified atom stereocenters. The minimum Gasteiger partial charge on any atom is -0.366 e. The molecule has 0 saturated heterocycles. The standard InChI is InChI=1S/C17H14ClF3N2O2S/c1-9(16(25)23-11-4-2-10(3-5-11)15(22)24)26-12-6-7-14(18)13(8-12)17(19,20)21/h2-9H,1H3,(H2,22,24)(H,23,25)/t9-/m1/s1. The quantitative estimate of drug-likeness (QED) is 0.719. The lowest BCUT2D eigenvalue weighted by atomic mass is 10.2. The van der Waals surface area contributed by atoms with Gasteiger partial charge in [-0.1, -0.05) is 11.6 Å². The van der Waals surface area contributed by atoms with E-state index in [-0.39, 0.29) is 4.90 Å². The maximum absolute atomic E-state index is 12.9. The van der Waals surface area contributed by atoms with E-state index < -0.39 is 33.8 Å². The number of nitrogens with two attached hydrogens (primary N) is 1. The molecule has 0 aliphatic heterocycles. The van der Waals surface area contributed by atoms with Gasteiger partial charge in [0.15, 0.2) is 0 Å². The van der Waals surface area contributed by atoms with Crippen LogP contribution in [0.25, 0.3) is 0 Å². The molecule has 2 amide bonds. The average Bonchev–Trinajstić information content (AvgIpc) is 2.56. The molecule has 0 aliphatic carbocycles. The fraction of sp³-hybridized carbons (Fsp3) is 0.176. The summed E-state index contributed by atoms with van der Waals surface area (Å²) in [6.45, 7) is 1.57. The molecule has 3 N–H and O–H groups in total. The van der Waals surface area contributed by atoms with Gasteiger partial charge < -0.3 is 11.1 Å². The third-order valence-electron chi connectivity index (χ3n) is 3.36. The minimum absolute atomic E-state index is 0.272. The largest absolute Gasteiger partial charge is 0.417 e. The highest BCUT2D eigenvalue weighted by molar-refractivity contribution is 8.00. The Balaban J connectivity index is 2.06. The van der Waals surface area contributed by atoms with Crippen molar-refractivity contribution in [3.8, 4) is 0 Å². The monoisotopic (exact) mass is 402 g/mol. The Morgan fingerprint density at radius 2 is 1.77 bits per heavy atom. The van der Waals surface area contributed by atoms with Crippen molar-refractivity contribution in [1.29, 1.82) is 0 Å². The van der Waals surface area contributed by atoms with Gasteiger partial charge in [0, 0.05) is 16.1 Å². The molecule has 0 aliphatic rings. The molecule has 26 heavy (non-hydrogen) atoms. The van der Waals surface area contributed by atoms with E-state index in [1.165, 1.54) is 30.3 Å². The van der Waals surface area contributed by atoms with Crippen LogP contribution in [-0.4, -0.2) is 17.1 Å². The van der Waals surface area contributed by atoms with Crippen molar-refractivity contribution in [3.05, 3.63) is 58.6 Å². The summed E-state index contributed by atoms with van der Waals surface area (Å²) in [6.07, 6.45) is -4.57. The van der Waals surface area contributed by atoms with Gasteiger partial charge >= 0.3 is 6.18 Å². The number of amides is 2. The number of carbonyl (C=O) groups is 2. The number of hydrogen-bond donors (Lipinski definition) is 2. The van der Waals surface area contributed by atoms with Crippen LogP contribution in [0.5, 0.6) is 0 Å². The third kappa shape index (κ3) is 5.15. The molecule has 0 radical (unpaired) electrons. The Kier molecular flexibility index (Phi) is 6.20. The van der Waals surface area contributed by atoms with Gasteiger partial charge in [-0.3, -0.25) is 9.59 Å². The Labute approximate surface area is 156 Å². The Morgan fingerprint density at radius 1 is 1.15 bits per heavy atom. The maximum atomic E-state index is 12.9. The molecule has 0 spiro atoms. The van der Waals surface area contributed by atoms with Crippen molar-refractivity contribution in [2.45, 2.75) is 23.2 Å². The van der Waals surface area contributed by atoms with E-state index in [2.05, 4.69) is 5.32 Å². The summed E-state index contributed by atoms with van der Waals surface area (Å²) in [7, 11) is 0. The minimum atomic E-state index is -4.57. The van der Waals surface area contributed by atoms with Crippen LogP contribution in [0.2, 0.25) is 5.02 Å². The summed E-state index contributed by atoms with van der Waals surface area (Å²) in [6, 6.07) is 9.44. The van der Waals surface area contributed by atoms with E-state index >= 15 is 0 Å². The maximum Gasteiger partial charge on any atom is 0.417 e. The van der Waals surface area contributed by atoms with Gasteiger partial charge in [-0.25, -0.2) is 0 Å². The van der Waals surface area contributed by atoms with Gasteiger partial charge in [0.25, 0.3) is 0 Å². The predicted octanol–water partition coefficient (Wildman–Crippen LogP) is 4.58. The number of rotatable bonds is 5. The number of alkyl halides is 3. The predicted molar refractivity (Wildman–Crippen MR) is 95.4 cm³/mol. The average molecular weight is 403 g/mol. The zero-order valence-electron chi connectivity index (χ0n) is 13.4. The van der Waals surface area contributed by atoms with Crippen molar-refractivity contribution >= 4 is 40.9 Å². The fourth-order valence-corrected chi connectivity index (χ4v) is 3.15. The van der Waals surface area contributed by atoms with Gasteiger partial charge in [-0.05, 0) is 49.4 Å². The molecule has 0 bridgehead atoms. The van der Waals surface area contributed by atoms with Crippen molar-refractivity contribution in [2.24, 2.45) is 5.73 Å². The summed E-state index contributed by atoms with van der Waals surface area (Å²) in [4.78, 5) is 23.5. The third-order valence-corrected chi connectivity index (χ3v) is 4.79. The first-order chi connectivity index (χ1) is 12.1. The Morgan fingerprint density at radius 3 is 2.31 bits per heavy atom. The molecular formula is C17H14ClF3N2O2S. The van der Waals surface area contributed by atoms with E-state index in [1.807, 2.05) is 0 Å². The number of nitrogens with one attached hydrogen (secondary N) is 1. The molecule has 9 heteroatoms. The normalized spacial score (nSPS) is 12.5. The van der Waals surface area contributed by atoms with Crippen LogP contribution in [0.3, 0.4) is 0 Å². The van der Waals surface area contributed by atoms with Crippen molar-refractivity contribution < 1.29 is 22.8 Å². The number of hydrogen-bond acceptors (Lipinski definition) is 3. The van der Waals surface area contributed by atoms with Gasteiger partial charge in [0.05, 0.1) is 15.8 Å². The topological polar surface area (TPSA) is 72.2 Å². The number of anilines is 1. The fourth-order valence-electron chi connectivity index (χ4n) is 2.01. The lowest BCUT2D eigenvalue weighted by Crippen LogP contribution is -2.22. The number of thioether (sulfide) groups is 1. The SMILES string of the molecule is C[C@@H](Sc1ccc(Cl)c(C(F)(F)F)c1)C(=O)Nc1ccc(C(N)=O)cc1. The summed E-state index contributed by atoms with van der Waals surface area (Å²) in [5.74, 6) is -0.986. The second-order valence-corrected chi connectivity index (χ2v) is 7.15. The lowest BCUT2D eigenvalue weighted by molar-refractivity contribution is -0.137. The second-order valence-electron chi connectivity index (χ2n) is 5.33. The van der Waals surface area contributed by atoms with Crippen molar-refractivity contribution in [3.63, 3.8) is 0 Å². The Bertz CT molecular complexity index is 826. The first kappa shape index (κ1) is 20.1. The van der Waals surface area contributed by atoms with Crippen molar-refractivity contribution in [2.75, 3.05) is 5.32 Å². The molecule has 4 nitrogen and oxygen atoms in total. The van der Waals surface area contributed by atoms with Gasteiger partial charge in [-0.15, -0.1) is 11.8 Å². The molecule has 2 aromatic rings. The molecule has 2 rings (SSSR count). The molecule has 0 saturated carbocycles. The zero-order valence-corrected chi connectivity index (χ0v) is 15.0. The van der Waals surface area contributed by atoms with Crippen LogP contribution < -0.4 is 11.1 Å². The van der Waals surface area contributed by atoms with Gasteiger partial charge in [-0.2, -0.15) is 13.2 Å². The van der Waals surface area contributed by atoms with Crippen LogP contribution in [0.15, 0.2) is 47.4 Å². The number of halogens is 4. The zero-order chi connectivity index (χ0) is 19.5. The first-order valence-electron chi connectivity index (χ1n) is 7.32. The van der Waals surface area contributed by atoms with E-state index in [0.29, 0.717) is 11.3 Å². The lowest BCUT2D eigenvalue weighted by Gasteiger charge is -2.14. The molecule has 0 fully saturated rings. The molecule has 138 valence electrons. The Hall–Kier alpha value is -2.19. The number of carbonyl (C=O) groups excluding carboxylic acids is 2. The molecule has 2 aromatic carbocycles. The van der Waals surface area contributed by atoms with Crippen molar-refractivity contribution in [1.82, 2.24) is 0 Å². The van der Waals surface area contributed by atoms with Crippen LogP contribution in [0, 0.1) is 0 Å². The molecule has 0 aromatic heterocycles. The van der Waals surface area contributed by atoms with E-state index in [0.717, 1.165) is 23.9 Å². The molecular weight excluding hydrogens is 389 g/mol. The first-order valence-corrected chi connectivity index (χ1v) is 8.58. The smallest absolute Gasteiger partial charge is 0.366 e. The molecule has 0 heterocycles. The summed E-state index contributed by atoms with van der Waals surface area (Å²) in [5.41, 5.74) is 4.93. The van der Waals surface area contributed by atoms with E-state index in [1.54, 1.807) is 6.92 Å². The van der Waals surface area contributed by atoms with Gasteiger partial charge in [0.2, 0.25) is 11.8 Å². The van der Waals surface area contributed by atoms with Gasteiger partial charge in [0.1, 0.15) is 0 Å². The second kappa shape index (κ2) is 8.01. The summed E-state index contributed by atoms with van der Waals surface area (Å²) < 4.78 is 38.7. The van der Waals surface area contributed by atoms with E-state index in [4.69, 9.17) is 17.3 Å². The number of primary amides is 1. The summed E-state index contributed by atoms with van der Waals surface area (Å²) in [5, 5.41) is 1.57. The van der Waals surface area contributed by atoms with Crippen LogP contribution in [0.4, 0.5) is 18.9 Å². The van der Waals surface area contributed by atoms with E-state index in [9.17, 15) is 22.8 Å². The highest BCUT2D eigenvalue weighted by Gasteiger charge is 2.33. The summed E-state index contributed by atoms with van der Waals surface area (Å²) >= 11 is 6.55. The number of benzene rings is 2. The highest BCUT2D eigenvalue weighted by Crippen LogP contribution is 2.37. The van der Waals surface area contributed by atoms with Crippen LogP contribution >= 0.6 is 23.4 Å². The molecule has 1 atom stereocenters. The van der Waals surface area contributed by atoms with Crippen LogP contribution in [0.1, 0.15) is 22.8 Å². The highest BCUT2D eigenvalue weighted by atomic mass is 35.5.